The third-order valence-electron chi connectivity index (χ3n) is 4.42. The van der Waals surface area contributed by atoms with Crippen molar-refractivity contribution in [3.8, 4) is 0 Å². The lowest BCUT2D eigenvalue weighted by Crippen LogP contribution is -2.41. The number of amides is 1. The van der Waals surface area contributed by atoms with E-state index >= 15 is 0 Å². The van der Waals surface area contributed by atoms with Gasteiger partial charge in [-0.2, -0.15) is 0 Å². The number of hydrogen-bond donors (Lipinski definition) is 3. The summed E-state index contributed by atoms with van der Waals surface area (Å²) in [5, 5.41) is 26.7. The van der Waals surface area contributed by atoms with Gasteiger partial charge in [-0.05, 0) is 12.1 Å². The summed E-state index contributed by atoms with van der Waals surface area (Å²) in [5.41, 5.74) is 1.05. The van der Waals surface area contributed by atoms with Crippen molar-refractivity contribution in [2.24, 2.45) is 0 Å². The van der Waals surface area contributed by atoms with E-state index < -0.39 is 28.9 Å². The van der Waals surface area contributed by atoms with Crippen LogP contribution in [0, 0.1) is 10.1 Å². The molecule has 0 spiro atoms. The summed E-state index contributed by atoms with van der Waals surface area (Å²) in [4.78, 5) is 34.6. The van der Waals surface area contributed by atoms with E-state index in [4.69, 9.17) is 23.2 Å². The predicted octanol–water partition coefficient (Wildman–Crippen LogP) is 3.57. The van der Waals surface area contributed by atoms with Crippen molar-refractivity contribution in [1.29, 1.82) is 0 Å². The molecule has 146 valence electrons. The number of nitro benzene ring substituents is 1. The molecule has 28 heavy (non-hydrogen) atoms. The van der Waals surface area contributed by atoms with E-state index in [2.05, 4.69) is 10.6 Å². The first-order chi connectivity index (χ1) is 13.3. The van der Waals surface area contributed by atoms with Crippen LogP contribution in [0.5, 0.6) is 0 Å². The lowest BCUT2D eigenvalue weighted by Gasteiger charge is -2.32. The fourth-order valence-corrected chi connectivity index (χ4v) is 3.83. The number of halogens is 2. The maximum atomic E-state index is 12.5. The minimum Gasteiger partial charge on any atom is -0.480 e. The lowest BCUT2D eigenvalue weighted by atomic mass is 9.92. The number of rotatable bonds is 5. The molecular weight excluding hydrogens is 409 g/mol. The minimum atomic E-state index is -1.08. The van der Waals surface area contributed by atoms with Gasteiger partial charge in [-0.1, -0.05) is 41.4 Å². The average Bonchev–Trinajstić information content (AvgIpc) is 2.60. The highest BCUT2D eigenvalue weighted by Crippen LogP contribution is 2.40. The number of hydrogen-bond acceptors (Lipinski definition) is 5. The second kappa shape index (κ2) is 8.04. The maximum absolute atomic E-state index is 12.5. The van der Waals surface area contributed by atoms with Gasteiger partial charge in [-0.3, -0.25) is 14.9 Å². The second-order valence-corrected chi connectivity index (χ2v) is 7.15. The number of anilines is 1. The van der Waals surface area contributed by atoms with Gasteiger partial charge in [0.05, 0.1) is 17.4 Å². The number of benzene rings is 2. The molecule has 2 aromatic rings. The van der Waals surface area contributed by atoms with E-state index in [0.717, 1.165) is 0 Å². The number of nitrogens with one attached hydrogen (secondary N) is 2. The Labute approximate surface area is 169 Å². The Morgan fingerprint density at radius 2 is 2.00 bits per heavy atom. The molecule has 0 saturated carbocycles. The van der Waals surface area contributed by atoms with Crippen molar-refractivity contribution in [3.05, 3.63) is 67.7 Å². The molecule has 1 heterocycles. The van der Waals surface area contributed by atoms with Crippen molar-refractivity contribution in [2.45, 2.75) is 24.9 Å². The molecule has 0 saturated heterocycles. The number of fused-ring (bicyclic) bond motifs is 1. The number of carbonyl (C=O) groups is 2. The highest BCUT2D eigenvalue weighted by atomic mass is 35.5. The van der Waals surface area contributed by atoms with Crippen molar-refractivity contribution < 1.29 is 19.6 Å². The summed E-state index contributed by atoms with van der Waals surface area (Å²) in [6.45, 7) is 0. The first kappa shape index (κ1) is 19.9. The molecule has 0 fully saturated rings. The zero-order valence-corrected chi connectivity index (χ0v) is 15.8. The molecule has 1 aliphatic rings. The molecule has 0 bridgehead atoms. The number of carbonyl (C=O) groups excluding carboxylic acids is 1. The van der Waals surface area contributed by atoms with E-state index in [1.54, 1.807) is 12.1 Å². The Bertz CT molecular complexity index is 966. The van der Waals surface area contributed by atoms with Crippen LogP contribution in [0.4, 0.5) is 11.4 Å². The van der Waals surface area contributed by atoms with Crippen LogP contribution in [0.1, 0.15) is 23.6 Å². The number of nitro groups is 1. The van der Waals surface area contributed by atoms with Gasteiger partial charge < -0.3 is 15.7 Å². The van der Waals surface area contributed by atoms with Crippen LogP contribution in [-0.2, 0) is 16.0 Å². The van der Waals surface area contributed by atoms with Gasteiger partial charge in [0.2, 0.25) is 5.91 Å². The molecule has 2 unspecified atom stereocenters. The van der Waals surface area contributed by atoms with Gasteiger partial charge >= 0.3 is 5.97 Å². The van der Waals surface area contributed by atoms with Crippen LogP contribution in [0.3, 0.4) is 0 Å². The van der Waals surface area contributed by atoms with Crippen LogP contribution in [-0.4, -0.2) is 27.9 Å². The van der Waals surface area contributed by atoms with E-state index in [-0.39, 0.29) is 29.1 Å². The van der Waals surface area contributed by atoms with Crippen molar-refractivity contribution in [2.75, 3.05) is 5.32 Å². The molecule has 2 aromatic carbocycles. The van der Waals surface area contributed by atoms with E-state index in [0.29, 0.717) is 16.3 Å². The second-order valence-electron chi connectivity index (χ2n) is 6.30. The van der Waals surface area contributed by atoms with Gasteiger partial charge in [0.25, 0.3) is 5.69 Å². The Hall–Kier alpha value is -2.84. The largest absolute Gasteiger partial charge is 0.480 e. The van der Waals surface area contributed by atoms with E-state index in [1.165, 1.54) is 24.3 Å². The summed E-state index contributed by atoms with van der Waals surface area (Å²) in [7, 11) is 0. The van der Waals surface area contributed by atoms with Crippen molar-refractivity contribution in [3.63, 3.8) is 0 Å². The fourth-order valence-electron chi connectivity index (χ4n) is 3.21. The SMILES string of the molecule is O=C(Cc1ccccc1[N+](=O)[O-])NC1CC(C(=O)O)Nc2cc(Cl)cc(Cl)c21. The van der Waals surface area contributed by atoms with Crippen LogP contribution in [0.2, 0.25) is 10.0 Å². The summed E-state index contributed by atoms with van der Waals surface area (Å²) in [5.74, 6) is -1.57. The maximum Gasteiger partial charge on any atom is 0.326 e. The highest BCUT2D eigenvalue weighted by Gasteiger charge is 2.33. The molecule has 0 aliphatic carbocycles. The topological polar surface area (TPSA) is 122 Å². The Balaban J connectivity index is 1.86. The minimum absolute atomic E-state index is 0.0618. The van der Waals surface area contributed by atoms with Crippen molar-refractivity contribution in [1.82, 2.24) is 5.32 Å². The molecule has 2 atom stereocenters. The Morgan fingerprint density at radius 1 is 1.29 bits per heavy atom. The molecule has 3 N–H and O–H groups in total. The monoisotopic (exact) mass is 423 g/mol. The summed E-state index contributed by atoms with van der Waals surface area (Å²) in [6, 6.07) is 7.36. The normalized spacial score (nSPS) is 17.9. The van der Waals surface area contributed by atoms with Gasteiger partial charge in [-0.25, -0.2) is 4.79 Å². The van der Waals surface area contributed by atoms with E-state index in [9.17, 15) is 24.8 Å². The number of carboxylic acids is 1. The molecular formula is C18H15Cl2N3O5. The van der Waals surface area contributed by atoms with Crippen LogP contribution >= 0.6 is 23.2 Å². The van der Waals surface area contributed by atoms with Crippen LogP contribution in [0.15, 0.2) is 36.4 Å². The number of nitrogens with zero attached hydrogens (tertiary/aromatic N) is 1. The molecule has 8 nitrogen and oxygen atoms in total. The molecule has 0 radical (unpaired) electrons. The third kappa shape index (κ3) is 4.18. The van der Waals surface area contributed by atoms with Crippen LogP contribution in [0.25, 0.3) is 0 Å². The van der Waals surface area contributed by atoms with Gasteiger partial charge in [0.1, 0.15) is 6.04 Å². The zero-order valence-electron chi connectivity index (χ0n) is 14.3. The standard InChI is InChI=1S/C18H15Cl2N3O5/c19-10-6-11(20)17-12(7-10)21-14(18(25)26)8-13(17)22-16(24)5-9-3-1-2-4-15(9)23(27)28/h1-4,6-7,13-14,21H,5,8H2,(H,22,24)(H,25,26). The molecule has 1 amide bonds. The summed E-state index contributed by atoms with van der Waals surface area (Å²) >= 11 is 12.3. The zero-order chi connectivity index (χ0) is 20.4. The molecule has 10 heteroatoms. The van der Waals surface area contributed by atoms with E-state index in [1.807, 2.05) is 0 Å². The molecule has 3 rings (SSSR count). The number of para-hydroxylation sites is 1. The predicted molar refractivity (Wildman–Crippen MR) is 104 cm³/mol. The third-order valence-corrected chi connectivity index (χ3v) is 4.95. The first-order valence-corrected chi connectivity index (χ1v) is 9.01. The Kier molecular flexibility index (Phi) is 5.71. The lowest BCUT2D eigenvalue weighted by molar-refractivity contribution is -0.385. The molecule has 1 aliphatic heterocycles. The quantitative estimate of drug-likeness (QED) is 0.499. The smallest absolute Gasteiger partial charge is 0.326 e. The van der Waals surface area contributed by atoms with Gasteiger partial charge in [-0.15, -0.1) is 0 Å². The summed E-state index contributed by atoms with van der Waals surface area (Å²) < 4.78 is 0. The Morgan fingerprint density at radius 3 is 2.68 bits per heavy atom. The fraction of sp³-hybridized carbons (Fsp3) is 0.222. The first-order valence-electron chi connectivity index (χ1n) is 8.26. The number of aliphatic carboxylic acids is 1. The molecule has 0 aromatic heterocycles. The highest BCUT2D eigenvalue weighted by molar-refractivity contribution is 6.35. The average molecular weight is 424 g/mol. The number of carboxylic acid groups (broad SMARTS) is 1. The van der Waals surface area contributed by atoms with Gasteiger partial charge in [0, 0.05) is 39.3 Å². The van der Waals surface area contributed by atoms with Crippen LogP contribution < -0.4 is 10.6 Å². The van der Waals surface area contributed by atoms with Crippen molar-refractivity contribution >= 4 is 46.5 Å². The summed E-state index contributed by atoms with van der Waals surface area (Å²) in [6.07, 6.45) is -0.161. The van der Waals surface area contributed by atoms with Gasteiger partial charge in [0.15, 0.2) is 0 Å².